The van der Waals surface area contributed by atoms with Crippen LogP contribution in [0.4, 0.5) is 0 Å². The third-order valence-corrected chi connectivity index (χ3v) is 5.11. The van der Waals surface area contributed by atoms with Crippen LogP contribution in [0.15, 0.2) is 24.3 Å². The van der Waals surface area contributed by atoms with Gasteiger partial charge in [0.15, 0.2) is 0 Å². The summed E-state index contributed by atoms with van der Waals surface area (Å²) in [6.45, 7) is 1.73. The molecule has 1 aliphatic carbocycles. The van der Waals surface area contributed by atoms with Crippen LogP contribution < -0.4 is 11.1 Å². The molecule has 0 aromatic heterocycles. The maximum absolute atomic E-state index is 12.6. The maximum Gasteiger partial charge on any atom is 0.233 e. The molecule has 0 spiro atoms. The SMILES string of the molecule is NC(=S)C1(C(=O)NCC2Cc3ccccc32)CCOCC1. The van der Waals surface area contributed by atoms with E-state index >= 15 is 0 Å². The summed E-state index contributed by atoms with van der Waals surface area (Å²) in [6.07, 6.45) is 2.18. The van der Waals surface area contributed by atoms with Crippen LogP contribution in [0.2, 0.25) is 0 Å². The summed E-state index contributed by atoms with van der Waals surface area (Å²) in [6, 6.07) is 8.37. The molecule has 0 radical (unpaired) electrons. The lowest BCUT2D eigenvalue weighted by Gasteiger charge is -2.36. The van der Waals surface area contributed by atoms with Crippen molar-refractivity contribution in [2.75, 3.05) is 19.8 Å². The van der Waals surface area contributed by atoms with Crippen LogP contribution >= 0.6 is 12.2 Å². The lowest BCUT2D eigenvalue weighted by molar-refractivity contribution is -0.131. The molecular formula is C16H20N2O2S. The fraction of sp³-hybridized carbons (Fsp3) is 0.500. The second kappa shape index (κ2) is 5.73. The van der Waals surface area contributed by atoms with Crippen LogP contribution in [0.5, 0.6) is 0 Å². The molecule has 1 aromatic rings. The fourth-order valence-electron chi connectivity index (χ4n) is 3.24. The second-order valence-corrected chi connectivity index (χ2v) is 6.31. The number of ether oxygens (including phenoxy) is 1. The molecule has 1 fully saturated rings. The maximum atomic E-state index is 12.6. The van der Waals surface area contributed by atoms with Gasteiger partial charge in [0.1, 0.15) is 5.41 Å². The normalized spacial score (nSPS) is 22.8. The molecule has 1 aromatic carbocycles. The molecule has 0 saturated carbocycles. The van der Waals surface area contributed by atoms with Gasteiger partial charge in [0.25, 0.3) is 0 Å². The lowest BCUT2D eigenvalue weighted by Crippen LogP contribution is -2.52. The van der Waals surface area contributed by atoms with Crippen LogP contribution in [0, 0.1) is 5.41 Å². The Morgan fingerprint density at radius 3 is 2.76 bits per heavy atom. The van der Waals surface area contributed by atoms with Gasteiger partial charge < -0.3 is 15.8 Å². The van der Waals surface area contributed by atoms with Crippen LogP contribution in [0.3, 0.4) is 0 Å². The van der Waals surface area contributed by atoms with Crippen molar-refractivity contribution < 1.29 is 9.53 Å². The minimum Gasteiger partial charge on any atom is -0.392 e. The average molecular weight is 304 g/mol. The van der Waals surface area contributed by atoms with Crippen LogP contribution in [-0.2, 0) is 16.0 Å². The first kappa shape index (κ1) is 14.5. The Hall–Kier alpha value is -1.46. The number of nitrogens with one attached hydrogen (secondary N) is 1. The number of rotatable bonds is 4. The molecule has 1 atom stereocenters. The smallest absolute Gasteiger partial charge is 0.233 e. The molecule has 3 N–H and O–H groups in total. The molecule has 1 unspecified atom stereocenters. The van der Waals surface area contributed by atoms with Gasteiger partial charge in [0.2, 0.25) is 5.91 Å². The number of carbonyl (C=O) groups is 1. The van der Waals surface area contributed by atoms with Crippen molar-refractivity contribution in [3.63, 3.8) is 0 Å². The molecule has 1 heterocycles. The van der Waals surface area contributed by atoms with Crippen molar-refractivity contribution in [3.05, 3.63) is 35.4 Å². The minimum atomic E-state index is -0.725. The highest BCUT2D eigenvalue weighted by molar-refractivity contribution is 7.80. The average Bonchev–Trinajstić information content (AvgIpc) is 2.48. The highest BCUT2D eigenvalue weighted by atomic mass is 32.1. The van der Waals surface area contributed by atoms with Crippen molar-refractivity contribution in [2.24, 2.45) is 11.1 Å². The summed E-state index contributed by atoms with van der Waals surface area (Å²) in [5.74, 6) is 0.371. The molecule has 1 amide bonds. The van der Waals surface area contributed by atoms with E-state index < -0.39 is 5.41 Å². The van der Waals surface area contributed by atoms with Gasteiger partial charge in [-0.05, 0) is 30.4 Å². The highest BCUT2D eigenvalue weighted by Crippen LogP contribution is 2.35. The predicted octanol–water partition coefficient (Wildman–Crippen LogP) is 1.53. The summed E-state index contributed by atoms with van der Waals surface area (Å²) in [5, 5.41) is 3.06. The summed E-state index contributed by atoms with van der Waals surface area (Å²) in [7, 11) is 0. The summed E-state index contributed by atoms with van der Waals surface area (Å²) < 4.78 is 5.33. The third-order valence-electron chi connectivity index (χ3n) is 4.72. The molecule has 1 aliphatic heterocycles. The van der Waals surface area contributed by atoms with Crippen molar-refractivity contribution in [3.8, 4) is 0 Å². The standard InChI is InChI=1S/C16H20N2O2S/c17-14(21)16(5-7-20-8-6-16)15(19)18-10-12-9-11-3-1-2-4-13(11)12/h1-4,12H,5-10H2,(H2,17,21)(H,18,19). The number of hydrogen-bond donors (Lipinski definition) is 2. The van der Waals surface area contributed by atoms with E-state index in [0.29, 0.717) is 38.5 Å². The number of fused-ring (bicyclic) bond motifs is 1. The van der Waals surface area contributed by atoms with Crippen molar-refractivity contribution in [1.29, 1.82) is 0 Å². The van der Waals surface area contributed by atoms with E-state index in [2.05, 4.69) is 23.5 Å². The molecule has 21 heavy (non-hydrogen) atoms. The monoisotopic (exact) mass is 304 g/mol. The van der Waals surface area contributed by atoms with Crippen LogP contribution in [-0.4, -0.2) is 30.7 Å². The van der Waals surface area contributed by atoms with Crippen molar-refractivity contribution >= 4 is 23.1 Å². The van der Waals surface area contributed by atoms with Gasteiger partial charge >= 0.3 is 0 Å². The summed E-state index contributed by atoms with van der Waals surface area (Å²) >= 11 is 5.15. The Bertz CT molecular complexity index is 567. The zero-order valence-electron chi connectivity index (χ0n) is 11.9. The molecule has 3 rings (SSSR count). The molecular weight excluding hydrogens is 284 g/mol. The first-order valence-electron chi connectivity index (χ1n) is 7.37. The van der Waals surface area contributed by atoms with Crippen LogP contribution in [0.1, 0.15) is 29.9 Å². The van der Waals surface area contributed by atoms with Gasteiger partial charge in [-0.1, -0.05) is 36.5 Å². The van der Waals surface area contributed by atoms with Gasteiger partial charge in [0.05, 0.1) is 4.99 Å². The highest BCUT2D eigenvalue weighted by Gasteiger charge is 2.43. The van der Waals surface area contributed by atoms with Gasteiger partial charge in [-0.3, -0.25) is 4.79 Å². The third kappa shape index (κ3) is 2.56. The van der Waals surface area contributed by atoms with E-state index in [-0.39, 0.29) is 10.9 Å². The Labute approximate surface area is 130 Å². The number of hydrogen-bond acceptors (Lipinski definition) is 3. The minimum absolute atomic E-state index is 0.0392. The number of amides is 1. The summed E-state index contributed by atoms with van der Waals surface area (Å²) in [5.41, 5.74) is 7.85. The molecule has 112 valence electrons. The number of thiocarbonyl (C=S) groups is 1. The number of benzene rings is 1. The zero-order chi connectivity index (χ0) is 14.9. The van der Waals surface area contributed by atoms with E-state index in [1.165, 1.54) is 11.1 Å². The van der Waals surface area contributed by atoms with E-state index in [9.17, 15) is 4.79 Å². The van der Waals surface area contributed by atoms with Gasteiger partial charge in [-0.2, -0.15) is 0 Å². The van der Waals surface area contributed by atoms with E-state index in [1.54, 1.807) is 0 Å². The molecule has 2 aliphatic rings. The quantitative estimate of drug-likeness (QED) is 0.828. The summed E-state index contributed by atoms with van der Waals surface area (Å²) in [4.78, 5) is 12.9. The van der Waals surface area contributed by atoms with E-state index in [4.69, 9.17) is 22.7 Å². The zero-order valence-corrected chi connectivity index (χ0v) is 12.7. The van der Waals surface area contributed by atoms with Crippen molar-refractivity contribution in [1.82, 2.24) is 5.32 Å². The van der Waals surface area contributed by atoms with Gasteiger partial charge in [-0.15, -0.1) is 0 Å². The Morgan fingerprint density at radius 2 is 2.10 bits per heavy atom. The first-order valence-corrected chi connectivity index (χ1v) is 7.78. The van der Waals surface area contributed by atoms with E-state index in [1.807, 2.05) is 6.07 Å². The number of nitrogens with two attached hydrogens (primary N) is 1. The molecule has 4 nitrogen and oxygen atoms in total. The predicted molar refractivity (Wildman–Crippen MR) is 85.2 cm³/mol. The topological polar surface area (TPSA) is 64.4 Å². The Morgan fingerprint density at radius 1 is 1.38 bits per heavy atom. The fourth-order valence-corrected chi connectivity index (χ4v) is 3.53. The Kier molecular flexibility index (Phi) is 3.95. The van der Waals surface area contributed by atoms with Crippen LogP contribution in [0.25, 0.3) is 0 Å². The lowest BCUT2D eigenvalue weighted by atomic mass is 9.76. The van der Waals surface area contributed by atoms with E-state index in [0.717, 1.165) is 6.42 Å². The number of carbonyl (C=O) groups excluding carboxylic acids is 1. The Balaban J connectivity index is 1.63. The molecule has 1 saturated heterocycles. The largest absolute Gasteiger partial charge is 0.392 e. The van der Waals surface area contributed by atoms with Gasteiger partial charge in [0, 0.05) is 25.7 Å². The second-order valence-electron chi connectivity index (χ2n) is 5.87. The van der Waals surface area contributed by atoms with Crippen molar-refractivity contribution in [2.45, 2.75) is 25.2 Å². The first-order chi connectivity index (χ1) is 10.1. The molecule has 0 bridgehead atoms. The van der Waals surface area contributed by atoms with Gasteiger partial charge in [-0.25, -0.2) is 0 Å². The molecule has 5 heteroatoms.